The van der Waals surface area contributed by atoms with Crippen LogP contribution in [0.3, 0.4) is 0 Å². The molecule has 1 saturated heterocycles. The number of nitrogens with zero attached hydrogens (tertiary/aromatic N) is 2. The van der Waals surface area contributed by atoms with Gasteiger partial charge in [0.25, 0.3) is 5.91 Å². The normalized spacial score (nSPS) is 14.4. The highest BCUT2D eigenvalue weighted by Crippen LogP contribution is 2.25. The second-order valence-electron chi connectivity index (χ2n) is 6.18. The summed E-state index contributed by atoms with van der Waals surface area (Å²) in [4.78, 5) is 17.1. The Balaban J connectivity index is 1.69. The second-order valence-corrected chi connectivity index (χ2v) is 6.18. The summed E-state index contributed by atoms with van der Waals surface area (Å²) in [5.74, 6) is 1.51. The molecule has 3 rings (SSSR count). The molecule has 132 valence electrons. The van der Waals surface area contributed by atoms with Gasteiger partial charge in [0.05, 0.1) is 19.8 Å². The average molecular weight is 340 g/mol. The van der Waals surface area contributed by atoms with E-state index in [-0.39, 0.29) is 5.91 Å². The van der Waals surface area contributed by atoms with Crippen LogP contribution < -0.4 is 14.4 Å². The topological polar surface area (TPSA) is 42.0 Å². The molecule has 0 aliphatic carbocycles. The number of amides is 1. The van der Waals surface area contributed by atoms with Gasteiger partial charge in [-0.25, -0.2) is 0 Å². The minimum absolute atomic E-state index is 0.0332. The lowest BCUT2D eigenvalue weighted by atomic mass is 10.1. The van der Waals surface area contributed by atoms with Gasteiger partial charge < -0.3 is 19.3 Å². The average Bonchev–Trinajstić information content (AvgIpc) is 2.67. The Morgan fingerprint density at radius 2 is 1.72 bits per heavy atom. The molecule has 5 heteroatoms. The van der Waals surface area contributed by atoms with Crippen molar-refractivity contribution in [2.45, 2.75) is 6.92 Å². The Hall–Kier alpha value is -2.69. The molecule has 1 amide bonds. The van der Waals surface area contributed by atoms with Gasteiger partial charge in [0.15, 0.2) is 0 Å². The van der Waals surface area contributed by atoms with E-state index in [9.17, 15) is 4.79 Å². The van der Waals surface area contributed by atoms with Crippen molar-refractivity contribution in [1.29, 1.82) is 0 Å². The third kappa shape index (κ3) is 3.71. The van der Waals surface area contributed by atoms with E-state index in [1.807, 2.05) is 48.2 Å². The molecule has 1 aliphatic rings. The fourth-order valence-corrected chi connectivity index (χ4v) is 3.13. The SMILES string of the molecule is COc1cccc(N2CCN(C(=O)c3cc(C)ccc3OC)CC2)c1. The van der Waals surface area contributed by atoms with Crippen molar-refractivity contribution < 1.29 is 14.3 Å². The van der Waals surface area contributed by atoms with Gasteiger partial charge in [-0.05, 0) is 31.2 Å². The van der Waals surface area contributed by atoms with E-state index in [1.165, 1.54) is 0 Å². The van der Waals surface area contributed by atoms with Crippen LogP contribution in [0.25, 0.3) is 0 Å². The largest absolute Gasteiger partial charge is 0.497 e. The Morgan fingerprint density at radius 1 is 0.960 bits per heavy atom. The summed E-state index contributed by atoms with van der Waals surface area (Å²) in [5.41, 5.74) is 2.82. The first-order chi connectivity index (χ1) is 12.1. The molecular weight excluding hydrogens is 316 g/mol. The molecule has 1 aliphatic heterocycles. The number of piperazine rings is 1. The minimum Gasteiger partial charge on any atom is -0.497 e. The molecule has 0 radical (unpaired) electrons. The lowest BCUT2D eigenvalue weighted by molar-refractivity contribution is 0.0743. The van der Waals surface area contributed by atoms with E-state index in [4.69, 9.17) is 9.47 Å². The summed E-state index contributed by atoms with van der Waals surface area (Å²) in [6.07, 6.45) is 0. The third-order valence-electron chi connectivity index (χ3n) is 4.57. The molecule has 0 bridgehead atoms. The molecule has 2 aromatic rings. The van der Waals surface area contributed by atoms with Crippen molar-refractivity contribution >= 4 is 11.6 Å². The van der Waals surface area contributed by atoms with Crippen LogP contribution in [0.2, 0.25) is 0 Å². The van der Waals surface area contributed by atoms with Crippen LogP contribution in [-0.4, -0.2) is 51.2 Å². The highest BCUT2D eigenvalue weighted by atomic mass is 16.5. The minimum atomic E-state index is 0.0332. The van der Waals surface area contributed by atoms with Crippen molar-refractivity contribution in [3.8, 4) is 11.5 Å². The monoisotopic (exact) mass is 340 g/mol. The van der Waals surface area contributed by atoms with E-state index < -0.39 is 0 Å². The summed E-state index contributed by atoms with van der Waals surface area (Å²) in [6, 6.07) is 13.7. The van der Waals surface area contributed by atoms with Gasteiger partial charge in [-0.1, -0.05) is 17.7 Å². The third-order valence-corrected chi connectivity index (χ3v) is 4.57. The first-order valence-electron chi connectivity index (χ1n) is 8.45. The molecular formula is C20H24N2O3. The first-order valence-corrected chi connectivity index (χ1v) is 8.45. The number of anilines is 1. The Kier molecular flexibility index (Phi) is 5.12. The number of benzene rings is 2. The van der Waals surface area contributed by atoms with Crippen LogP contribution >= 0.6 is 0 Å². The molecule has 5 nitrogen and oxygen atoms in total. The zero-order valence-electron chi connectivity index (χ0n) is 15.0. The van der Waals surface area contributed by atoms with E-state index in [0.29, 0.717) is 24.4 Å². The maximum Gasteiger partial charge on any atom is 0.257 e. The summed E-state index contributed by atoms with van der Waals surface area (Å²) < 4.78 is 10.7. The van der Waals surface area contributed by atoms with Crippen LogP contribution in [0.5, 0.6) is 11.5 Å². The van der Waals surface area contributed by atoms with E-state index in [0.717, 1.165) is 30.1 Å². The van der Waals surface area contributed by atoms with E-state index in [1.54, 1.807) is 14.2 Å². The summed E-state index contributed by atoms with van der Waals surface area (Å²) in [6.45, 7) is 4.96. The fraction of sp³-hybridized carbons (Fsp3) is 0.350. The highest BCUT2D eigenvalue weighted by molar-refractivity contribution is 5.97. The summed E-state index contributed by atoms with van der Waals surface area (Å²) in [7, 11) is 3.27. The smallest absolute Gasteiger partial charge is 0.257 e. The number of carbonyl (C=O) groups is 1. The number of ether oxygens (including phenoxy) is 2. The van der Waals surface area contributed by atoms with Crippen molar-refractivity contribution in [1.82, 2.24) is 4.90 Å². The van der Waals surface area contributed by atoms with Crippen LogP contribution in [0, 0.1) is 6.92 Å². The molecule has 0 saturated carbocycles. The number of rotatable bonds is 4. The van der Waals surface area contributed by atoms with Gasteiger partial charge in [0.1, 0.15) is 11.5 Å². The van der Waals surface area contributed by atoms with Crippen LogP contribution in [0.15, 0.2) is 42.5 Å². The van der Waals surface area contributed by atoms with E-state index in [2.05, 4.69) is 11.0 Å². The maximum absolute atomic E-state index is 12.9. The van der Waals surface area contributed by atoms with Gasteiger partial charge in [-0.3, -0.25) is 4.79 Å². The van der Waals surface area contributed by atoms with Crippen molar-refractivity contribution in [3.05, 3.63) is 53.6 Å². The molecule has 0 spiro atoms. The predicted molar refractivity (Wildman–Crippen MR) is 98.8 cm³/mol. The number of hydrogen-bond acceptors (Lipinski definition) is 4. The number of hydrogen-bond donors (Lipinski definition) is 0. The van der Waals surface area contributed by atoms with Crippen molar-refractivity contribution in [2.75, 3.05) is 45.3 Å². The Bertz CT molecular complexity index is 752. The zero-order chi connectivity index (χ0) is 17.8. The van der Waals surface area contributed by atoms with Crippen LogP contribution in [0.1, 0.15) is 15.9 Å². The molecule has 2 aromatic carbocycles. The van der Waals surface area contributed by atoms with Crippen LogP contribution in [-0.2, 0) is 0 Å². The fourth-order valence-electron chi connectivity index (χ4n) is 3.13. The molecule has 1 fully saturated rings. The second kappa shape index (κ2) is 7.47. The van der Waals surface area contributed by atoms with Gasteiger partial charge in [-0.15, -0.1) is 0 Å². The van der Waals surface area contributed by atoms with E-state index >= 15 is 0 Å². The van der Waals surface area contributed by atoms with Crippen molar-refractivity contribution in [3.63, 3.8) is 0 Å². The maximum atomic E-state index is 12.9. The first kappa shape index (κ1) is 17.1. The molecule has 1 heterocycles. The molecule has 0 atom stereocenters. The highest BCUT2D eigenvalue weighted by Gasteiger charge is 2.24. The summed E-state index contributed by atoms with van der Waals surface area (Å²) >= 11 is 0. The predicted octanol–water partition coefficient (Wildman–Crippen LogP) is 2.97. The molecule has 0 N–H and O–H groups in total. The molecule has 0 unspecified atom stereocenters. The lowest BCUT2D eigenvalue weighted by Crippen LogP contribution is -2.48. The number of aryl methyl sites for hydroxylation is 1. The lowest BCUT2D eigenvalue weighted by Gasteiger charge is -2.36. The van der Waals surface area contributed by atoms with Gasteiger partial charge in [0, 0.05) is 37.9 Å². The number of methoxy groups -OCH3 is 2. The molecule has 25 heavy (non-hydrogen) atoms. The Morgan fingerprint density at radius 3 is 2.40 bits per heavy atom. The Labute approximate surface area is 148 Å². The standard InChI is InChI=1S/C20H24N2O3/c1-15-7-8-19(25-3)18(13-15)20(23)22-11-9-21(10-12-22)16-5-4-6-17(14-16)24-2/h4-8,13-14H,9-12H2,1-3H3. The summed E-state index contributed by atoms with van der Waals surface area (Å²) in [5, 5.41) is 0. The quantitative estimate of drug-likeness (QED) is 0.858. The van der Waals surface area contributed by atoms with Gasteiger partial charge >= 0.3 is 0 Å². The van der Waals surface area contributed by atoms with Gasteiger partial charge in [0.2, 0.25) is 0 Å². The molecule has 0 aromatic heterocycles. The number of carbonyl (C=O) groups excluding carboxylic acids is 1. The van der Waals surface area contributed by atoms with Crippen LogP contribution in [0.4, 0.5) is 5.69 Å². The zero-order valence-corrected chi connectivity index (χ0v) is 15.0. The van der Waals surface area contributed by atoms with Crippen molar-refractivity contribution in [2.24, 2.45) is 0 Å². The van der Waals surface area contributed by atoms with Gasteiger partial charge in [-0.2, -0.15) is 0 Å².